The summed E-state index contributed by atoms with van der Waals surface area (Å²) in [4.78, 5) is 0. The van der Waals surface area contributed by atoms with Crippen LogP contribution in [0.15, 0.2) is 182 Å². The highest BCUT2D eigenvalue weighted by Gasteiger charge is 2.53. The van der Waals surface area contributed by atoms with Gasteiger partial charge in [-0.1, -0.05) is 158 Å². The minimum absolute atomic E-state index is 0.443. The molecular formula is C51H30. The Hall–Kier alpha value is -6.50. The second-order valence-corrected chi connectivity index (χ2v) is 14.3. The lowest BCUT2D eigenvalue weighted by atomic mass is 9.69. The molecule has 0 atom stereocenters. The maximum atomic E-state index is 2.54. The standard InChI is InChI=1S/C51H30/c1-2-14-35-32(13-1)29-44(39-18-4-3-15-36(35)39)33-26-25-31-28-45-48(30-34(31)27-33)51(46-23-11-9-19-40(46)41-20-10-12-24-47(41)51)50-43-22-8-6-17-38(43)37-16-5-7-21-42(37)49(45)50/h1-30H. The third-order valence-corrected chi connectivity index (χ3v) is 12.0. The Balaban J connectivity index is 1.23. The summed E-state index contributed by atoms with van der Waals surface area (Å²) in [5.74, 6) is 0. The van der Waals surface area contributed by atoms with E-state index in [9.17, 15) is 0 Å². The molecule has 0 aliphatic heterocycles. The SMILES string of the molecule is c1ccc2c(c1)-c1ccccc1C21c2cc3cc(-c4cc5ccccc5c5ccccc45)ccc3cc2-c2c1c1ccccc1c1ccccc21. The van der Waals surface area contributed by atoms with Gasteiger partial charge in [-0.3, -0.25) is 0 Å². The Morgan fingerprint density at radius 2 is 0.804 bits per heavy atom. The Morgan fingerprint density at radius 3 is 1.53 bits per heavy atom. The predicted octanol–water partition coefficient (Wildman–Crippen LogP) is 13.5. The zero-order chi connectivity index (χ0) is 33.3. The summed E-state index contributed by atoms with van der Waals surface area (Å²) in [6, 6.07) is 68.6. The zero-order valence-electron chi connectivity index (χ0n) is 27.8. The van der Waals surface area contributed by atoms with E-state index in [1.54, 1.807) is 0 Å². The first-order valence-corrected chi connectivity index (χ1v) is 17.9. The summed E-state index contributed by atoms with van der Waals surface area (Å²) in [5.41, 5.74) is 13.0. The zero-order valence-corrected chi connectivity index (χ0v) is 27.8. The molecule has 10 aromatic carbocycles. The molecule has 0 heterocycles. The second-order valence-electron chi connectivity index (χ2n) is 14.3. The lowest BCUT2D eigenvalue weighted by Crippen LogP contribution is -2.26. The molecule has 0 unspecified atom stereocenters. The molecule has 0 nitrogen and oxygen atoms in total. The van der Waals surface area contributed by atoms with Crippen LogP contribution in [0.5, 0.6) is 0 Å². The molecule has 2 aliphatic carbocycles. The highest BCUT2D eigenvalue weighted by atomic mass is 14.5. The van der Waals surface area contributed by atoms with Gasteiger partial charge in [0.2, 0.25) is 0 Å². The lowest BCUT2D eigenvalue weighted by molar-refractivity contribution is 0.803. The monoisotopic (exact) mass is 642 g/mol. The van der Waals surface area contributed by atoms with Crippen LogP contribution in [0.4, 0.5) is 0 Å². The third-order valence-electron chi connectivity index (χ3n) is 12.0. The van der Waals surface area contributed by atoms with E-state index in [1.165, 1.54) is 109 Å². The van der Waals surface area contributed by atoms with E-state index >= 15 is 0 Å². The van der Waals surface area contributed by atoms with Gasteiger partial charge in [0.05, 0.1) is 5.41 Å². The summed E-state index contributed by atoms with van der Waals surface area (Å²) in [5, 5.41) is 13.0. The summed E-state index contributed by atoms with van der Waals surface area (Å²) in [7, 11) is 0. The van der Waals surface area contributed by atoms with Crippen molar-refractivity contribution in [1.29, 1.82) is 0 Å². The molecule has 10 aromatic rings. The fraction of sp³-hybridized carbons (Fsp3) is 0.0196. The molecule has 0 bridgehead atoms. The van der Waals surface area contributed by atoms with Crippen LogP contribution in [0, 0.1) is 0 Å². The van der Waals surface area contributed by atoms with Crippen LogP contribution >= 0.6 is 0 Å². The van der Waals surface area contributed by atoms with Gasteiger partial charge in [0.15, 0.2) is 0 Å². The molecule has 0 fully saturated rings. The van der Waals surface area contributed by atoms with Crippen LogP contribution in [-0.2, 0) is 5.41 Å². The first-order chi connectivity index (χ1) is 25.3. The normalized spacial score (nSPS) is 13.6. The molecule has 0 aromatic heterocycles. The van der Waals surface area contributed by atoms with E-state index in [0.717, 1.165) is 0 Å². The Kier molecular flexibility index (Phi) is 5.26. The average molecular weight is 643 g/mol. The quantitative estimate of drug-likeness (QED) is 0.156. The van der Waals surface area contributed by atoms with Gasteiger partial charge in [-0.2, -0.15) is 0 Å². The largest absolute Gasteiger partial charge is 0.0731 e. The van der Waals surface area contributed by atoms with E-state index < -0.39 is 5.41 Å². The van der Waals surface area contributed by atoms with Gasteiger partial charge in [0.25, 0.3) is 0 Å². The topological polar surface area (TPSA) is 0 Å². The molecule has 0 radical (unpaired) electrons. The first-order valence-electron chi connectivity index (χ1n) is 17.9. The molecule has 0 saturated carbocycles. The van der Waals surface area contributed by atoms with Crippen molar-refractivity contribution in [3.8, 4) is 33.4 Å². The van der Waals surface area contributed by atoms with Gasteiger partial charge >= 0.3 is 0 Å². The van der Waals surface area contributed by atoms with Crippen molar-refractivity contribution in [3.63, 3.8) is 0 Å². The summed E-state index contributed by atoms with van der Waals surface area (Å²) in [6.07, 6.45) is 0. The fourth-order valence-corrected chi connectivity index (χ4v) is 10.0. The van der Waals surface area contributed by atoms with Crippen molar-refractivity contribution in [3.05, 3.63) is 204 Å². The van der Waals surface area contributed by atoms with Gasteiger partial charge < -0.3 is 0 Å². The van der Waals surface area contributed by atoms with Crippen molar-refractivity contribution in [1.82, 2.24) is 0 Å². The Morgan fingerprint density at radius 1 is 0.275 bits per heavy atom. The van der Waals surface area contributed by atoms with Crippen molar-refractivity contribution < 1.29 is 0 Å². The van der Waals surface area contributed by atoms with E-state index in [4.69, 9.17) is 0 Å². The molecule has 0 N–H and O–H groups in total. The van der Waals surface area contributed by atoms with Gasteiger partial charge in [-0.05, 0) is 134 Å². The minimum Gasteiger partial charge on any atom is -0.0619 e. The van der Waals surface area contributed by atoms with Crippen LogP contribution in [0.1, 0.15) is 22.3 Å². The van der Waals surface area contributed by atoms with E-state index in [-0.39, 0.29) is 0 Å². The highest BCUT2D eigenvalue weighted by Crippen LogP contribution is 2.65. The van der Waals surface area contributed by atoms with Crippen molar-refractivity contribution in [2.45, 2.75) is 5.41 Å². The fourth-order valence-electron chi connectivity index (χ4n) is 10.0. The van der Waals surface area contributed by atoms with Crippen LogP contribution in [-0.4, -0.2) is 0 Å². The maximum Gasteiger partial charge on any atom is 0.0731 e. The molecule has 0 heteroatoms. The van der Waals surface area contributed by atoms with Gasteiger partial charge in [0.1, 0.15) is 0 Å². The van der Waals surface area contributed by atoms with Crippen molar-refractivity contribution in [2.75, 3.05) is 0 Å². The molecule has 0 amide bonds. The van der Waals surface area contributed by atoms with Gasteiger partial charge in [-0.25, -0.2) is 0 Å². The molecule has 234 valence electrons. The maximum absolute atomic E-state index is 2.54. The number of fused-ring (bicyclic) bond motifs is 19. The van der Waals surface area contributed by atoms with Crippen LogP contribution < -0.4 is 0 Å². The van der Waals surface area contributed by atoms with E-state index in [0.29, 0.717) is 0 Å². The van der Waals surface area contributed by atoms with Crippen molar-refractivity contribution >= 4 is 53.9 Å². The number of hydrogen-bond acceptors (Lipinski definition) is 0. The van der Waals surface area contributed by atoms with Crippen LogP contribution in [0.25, 0.3) is 87.2 Å². The number of rotatable bonds is 1. The Bertz CT molecular complexity index is 3100. The minimum atomic E-state index is -0.443. The van der Waals surface area contributed by atoms with E-state index in [1.807, 2.05) is 0 Å². The first kappa shape index (κ1) is 27.3. The average Bonchev–Trinajstić information content (AvgIpc) is 3.67. The van der Waals surface area contributed by atoms with Crippen LogP contribution in [0.2, 0.25) is 0 Å². The lowest BCUT2D eigenvalue weighted by Gasteiger charge is -2.32. The summed E-state index contributed by atoms with van der Waals surface area (Å²) >= 11 is 0. The van der Waals surface area contributed by atoms with Crippen molar-refractivity contribution in [2.24, 2.45) is 0 Å². The van der Waals surface area contributed by atoms with Gasteiger partial charge in [0, 0.05) is 0 Å². The molecule has 12 rings (SSSR count). The molecule has 2 aliphatic rings. The van der Waals surface area contributed by atoms with Gasteiger partial charge in [-0.15, -0.1) is 0 Å². The third kappa shape index (κ3) is 3.40. The molecule has 0 saturated heterocycles. The van der Waals surface area contributed by atoms with Crippen LogP contribution in [0.3, 0.4) is 0 Å². The summed E-state index contributed by atoms with van der Waals surface area (Å²) in [6.45, 7) is 0. The molecule has 51 heavy (non-hydrogen) atoms. The second kappa shape index (κ2) is 9.81. The molecular weight excluding hydrogens is 613 g/mol. The number of hydrogen-bond donors (Lipinski definition) is 0. The number of benzene rings is 10. The smallest absolute Gasteiger partial charge is 0.0619 e. The Labute approximate surface area is 295 Å². The predicted molar refractivity (Wildman–Crippen MR) is 216 cm³/mol. The molecule has 1 spiro atoms. The van der Waals surface area contributed by atoms with E-state index in [2.05, 4.69) is 182 Å². The highest BCUT2D eigenvalue weighted by molar-refractivity contribution is 6.21. The summed E-state index contributed by atoms with van der Waals surface area (Å²) < 4.78 is 0.